The second kappa shape index (κ2) is 7.71. The Kier molecular flexibility index (Phi) is 5.34. The van der Waals surface area contributed by atoms with Crippen molar-refractivity contribution in [3.8, 4) is 0 Å². The molecule has 0 radical (unpaired) electrons. The molecule has 148 valence electrons. The highest BCUT2D eigenvalue weighted by atomic mass is 16.5. The first-order chi connectivity index (χ1) is 13.3. The summed E-state index contributed by atoms with van der Waals surface area (Å²) in [7, 11) is 1.61. The number of likely N-dealkylation sites (N-methyl/N-ethyl adjacent to an activating group) is 1. The van der Waals surface area contributed by atoms with E-state index >= 15 is 0 Å². The van der Waals surface area contributed by atoms with Crippen molar-refractivity contribution in [2.75, 3.05) is 13.7 Å². The van der Waals surface area contributed by atoms with Gasteiger partial charge in [-0.2, -0.15) is 0 Å². The van der Waals surface area contributed by atoms with E-state index in [0.29, 0.717) is 5.76 Å². The second-order valence-electron chi connectivity index (χ2n) is 6.37. The molecule has 28 heavy (non-hydrogen) atoms. The lowest BCUT2D eigenvalue weighted by molar-refractivity contribution is -0.131. The number of hydrogen-bond acceptors (Lipinski definition) is 7. The first-order valence-electron chi connectivity index (χ1n) is 8.76. The average molecular weight is 387 g/mol. The molecule has 0 aromatic carbocycles. The van der Waals surface area contributed by atoms with Crippen molar-refractivity contribution < 1.29 is 23.2 Å². The number of nitrogens with zero attached hydrogens (tertiary/aromatic N) is 3. The molecule has 0 bridgehead atoms. The number of hydrogen-bond donors (Lipinski definition) is 0. The van der Waals surface area contributed by atoms with Crippen molar-refractivity contribution >= 4 is 23.0 Å². The van der Waals surface area contributed by atoms with E-state index < -0.39 is 11.5 Å². The summed E-state index contributed by atoms with van der Waals surface area (Å²) in [5, 5.41) is 0.00978. The van der Waals surface area contributed by atoms with Crippen LogP contribution < -0.4 is 5.56 Å². The van der Waals surface area contributed by atoms with Gasteiger partial charge in [0.1, 0.15) is 41.1 Å². The van der Waals surface area contributed by atoms with E-state index in [1.165, 1.54) is 11.2 Å². The van der Waals surface area contributed by atoms with E-state index in [2.05, 4.69) is 4.98 Å². The number of furan rings is 2. The Labute approximate surface area is 160 Å². The van der Waals surface area contributed by atoms with Crippen molar-refractivity contribution in [3.05, 3.63) is 51.7 Å². The van der Waals surface area contributed by atoms with Gasteiger partial charge in [-0.1, -0.05) is 0 Å². The molecule has 0 unspecified atom stereocenters. The van der Waals surface area contributed by atoms with Gasteiger partial charge in [0, 0.05) is 7.05 Å². The Morgan fingerprint density at radius 1 is 1.25 bits per heavy atom. The van der Waals surface area contributed by atoms with Gasteiger partial charge < -0.3 is 18.5 Å². The fourth-order valence-electron chi connectivity index (χ4n) is 2.86. The van der Waals surface area contributed by atoms with Crippen LogP contribution in [0.25, 0.3) is 11.1 Å². The van der Waals surface area contributed by atoms with E-state index in [9.17, 15) is 14.4 Å². The van der Waals surface area contributed by atoms with Crippen molar-refractivity contribution in [2.24, 2.45) is 0 Å². The molecule has 0 atom stereocenters. The van der Waals surface area contributed by atoms with Gasteiger partial charge >= 0.3 is 5.97 Å². The lowest BCUT2D eigenvalue weighted by atomic mass is 10.2. The quantitative estimate of drug-likeness (QED) is 0.596. The standard InChI is InChI=1S/C19H21N3O6/c1-5-26-19(25)15-12(3)28-17-16(15)18(24)22(10-20-17)9-14(23)21(4)8-13-7-6-11(2)27-13/h6-7,10H,5,8-9H2,1-4H3. The summed E-state index contributed by atoms with van der Waals surface area (Å²) >= 11 is 0. The molecule has 0 aliphatic heterocycles. The fraction of sp³-hybridized carbons (Fsp3) is 0.368. The van der Waals surface area contributed by atoms with Crippen LogP contribution >= 0.6 is 0 Å². The fourth-order valence-corrected chi connectivity index (χ4v) is 2.86. The summed E-state index contributed by atoms with van der Waals surface area (Å²) in [5.41, 5.74) is -0.468. The summed E-state index contributed by atoms with van der Waals surface area (Å²) in [6.07, 6.45) is 1.23. The molecule has 3 aromatic rings. The Hall–Kier alpha value is -3.36. The van der Waals surface area contributed by atoms with Crippen LogP contribution in [-0.4, -0.2) is 40.0 Å². The molecule has 0 saturated carbocycles. The minimum Gasteiger partial charge on any atom is -0.464 e. The van der Waals surface area contributed by atoms with Crippen molar-refractivity contribution in [1.82, 2.24) is 14.5 Å². The largest absolute Gasteiger partial charge is 0.464 e. The minimum atomic E-state index is -0.660. The zero-order valence-corrected chi connectivity index (χ0v) is 16.1. The van der Waals surface area contributed by atoms with Gasteiger partial charge in [0.15, 0.2) is 0 Å². The zero-order chi connectivity index (χ0) is 20.4. The number of aryl methyl sites for hydroxylation is 2. The second-order valence-corrected chi connectivity index (χ2v) is 6.37. The molecule has 1 amide bonds. The summed E-state index contributed by atoms with van der Waals surface area (Å²) in [6.45, 7) is 5.25. The minimum absolute atomic E-state index is 0.00978. The van der Waals surface area contributed by atoms with E-state index in [4.69, 9.17) is 13.6 Å². The highest BCUT2D eigenvalue weighted by Gasteiger charge is 2.24. The van der Waals surface area contributed by atoms with Crippen molar-refractivity contribution in [3.63, 3.8) is 0 Å². The summed E-state index contributed by atoms with van der Waals surface area (Å²) in [5.74, 6) is 0.669. The van der Waals surface area contributed by atoms with Gasteiger partial charge in [-0.05, 0) is 32.9 Å². The van der Waals surface area contributed by atoms with E-state index in [1.807, 2.05) is 13.0 Å². The predicted molar refractivity (Wildman–Crippen MR) is 98.9 cm³/mol. The number of fused-ring (bicyclic) bond motifs is 1. The highest BCUT2D eigenvalue weighted by Crippen LogP contribution is 2.21. The van der Waals surface area contributed by atoms with Crippen LogP contribution in [0.5, 0.6) is 0 Å². The third-order valence-electron chi connectivity index (χ3n) is 4.25. The maximum atomic E-state index is 12.9. The molecule has 0 aliphatic carbocycles. The molecule has 0 N–H and O–H groups in total. The number of carbonyl (C=O) groups is 2. The van der Waals surface area contributed by atoms with E-state index in [0.717, 1.165) is 10.3 Å². The van der Waals surface area contributed by atoms with Crippen LogP contribution in [0.1, 0.15) is 34.6 Å². The molecule has 3 aromatic heterocycles. The van der Waals surface area contributed by atoms with Crippen LogP contribution in [-0.2, 0) is 22.6 Å². The van der Waals surface area contributed by atoms with Crippen molar-refractivity contribution in [2.45, 2.75) is 33.9 Å². The van der Waals surface area contributed by atoms with Gasteiger partial charge in [-0.25, -0.2) is 9.78 Å². The maximum Gasteiger partial charge on any atom is 0.342 e. The van der Waals surface area contributed by atoms with Crippen LogP contribution in [0.4, 0.5) is 0 Å². The molecule has 3 rings (SSSR count). The molecular weight excluding hydrogens is 366 g/mol. The summed E-state index contributed by atoms with van der Waals surface area (Å²) in [4.78, 5) is 43.1. The van der Waals surface area contributed by atoms with Crippen LogP contribution in [0.15, 0.2) is 32.1 Å². The maximum absolute atomic E-state index is 12.9. The molecule has 0 fully saturated rings. The first-order valence-corrected chi connectivity index (χ1v) is 8.76. The lowest BCUT2D eigenvalue weighted by Crippen LogP contribution is -2.33. The first kappa shape index (κ1) is 19.4. The van der Waals surface area contributed by atoms with Crippen LogP contribution in [0.2, 0.25) is 0 Å². The molecule has 9 heteroatoms. The smallest absolute Gasteiger partial charge is 0.342 e. The topological polar surface area (TPSA) is 108 Å². The van der Waals surface area contributed by atoms with E-state index in [1.54, 1.807) is 27.0 Å². The monoisotopic (exact) mass is 387 g/mol. The van der Waals surface area contributed by atoms with Gasteiger partial charge in [0.2, 0.25) is 11.6 Å². The van der Waals surface area contributed by atoms with Crippen molar-refractivity contribution in [1.29, 1.82) is 0 Å². The highest BCUT2D eigenvalue weighted by molar-refractivity contribution is 6.03. The van der Waals surface area contributed by atoms with Gasteiger partial charge in [0.25, 0.3) is 5.56 Å². The molecular formula is C19H21N3O6. The van der Waals surface area contributed by atoms with E-state index in [-0.39, 0.29) is 48.0 Å². The molecule has 3 heterocycles. The Bertz CT molecular complexity index is 1090. The number of aromatic nitrogens is 2. The zero-order valence-electron chi connectivity index (χ0n) is 16.1. The predicted octanol–water partition coefficient (Wildman–Crippen LogP) is 2.03. The number of carbonyl (C=O) groups excluding carboxylic acids is 2. The number of rotatable bonds is 6. The lowest BCUT2D eigenvalue weighted by Gasteiger charge is -2.16. The van der Waals surface area contributed by atoms with Gasteiger partial charge in [-0.15, -0.1) is 0 Å². The number of ether oxygens (including phenoxy) is 1. The van der Waals surface area contributed by atoms with Crippen LogP contribution in [0.3, 0.4) is 0 Å². The third-order valence-corrected chi connectivity index (χ3v) is 4.25. The average Bonchev–Trinajstić information content (AvgIpc) is 3.20. The summed E-state index contributed by atoms with van der Waals surface area (Å²) in [6, 6.07) is 3.60. The van der Waals surface area contributed by atoms with Crippen LogP contribution in [0, 0.1) is 13.8 Å². The Morgan fingerprint density at radius 2 is 2.00 bits per heavy atom. The van der Waals surface area contributed by atoms with Gasteiger partial charge in [0.05, 0.1) is 13.2 Å². The third kappa shape index (κ3) is 3.68. The van der Waals surface area contributed by atoms with Gasteiger partial charge in [-0.3, -0.25) is 14.2 Å². The molecule has 0 saturated heterocycles. The molecule has 0 aliphatic rings. The number of esters is 1. The summed E-state index contributed by atoms with van der Waals surface area (Å²) < 4.78 is 17.0. The molecule has 9 nitrogen and oxygen atoms in total. The SMILES string of the molecule is CCOC(=O)c1c(C)oc2ncn(CC(=O)N(C)Cc3ccc(C)o3)c(=O)c12. The Balaban J connectivity index is 1.88. The normalized spacial score (nSPS) is 11.0. The number of amides is 1. The Morgan fingerprint density at radius 3 is 2.64 bits per heavy atom. The molecule has 0 spiro atoms.